The van der Waals surface area contributed by atoms with Crippen molar-refractivity contribution in [2.45, 2.75) is 30.7 Å². The number of amides is 1. The first-order valence-corrected chi connectivity index (χ1v) is 10.4. The van der Waals surface area contributed by atoms with Crippen molar-refractivity contribution in [2.24, 2.45) is 7.05 Å². The minimum atomic E-state index is -3.56. The first-order chi connectivity index (χ1) is 12.9. The van der Waals surface area contributed by atoms with Gasteiger partial charge in [0.2, 0.25) is 10.0 Å². The van der Waals surface area contributed by atoms with E-state index >= 15 is 0 Å². The summed E-state index contributed by atoms with van der Waals surface area (Å²) in [6.45, 7) is 1.40. The Morgan fingerprint density at radius 1 is 1.19 bits per heavy atom. The minimum absolute atomic E-state index is 0.165. The topological polar surface area (TPSA) is 80.6 Å². The Kier molecular flexibility index (Phi) is 5.86. The third kappa shape index (κ3) is 4.33. The van der Waals surface area contributed by atoms with Crippen molar-refractivity contribution in [2.75, 3.05) is 20.2 Å². The predicted molar refractivity (Wildman–Crippen MR) is 102 cm³/mol. The number of ether oxygens (including phenoxy) is 1. The van der Waals surface area contributed by atoms with Gasteiger partial charge in [-0.2, -0.15) is 4.31 Å². The zero-order valence-electron chi connectivity index (χ0n) is 15.6. The van der Waals surface area contributed by atoms with Gasteiger partial charge in [-0.25, -0.2) is 8.42 Å². The van der Waals surface area contributed by atoms with Crippen LogP contribution in [-0.2, 0) is 23.6 Å². The van der Waals surface area contributed by atoms with Crippen LogP contribution in [0.3, 0.4) is 0 Å². The van der Waals surface area contributed by atoms with Crippen molar-refractivity contribution < 1.29 is 17.9 Å². The third-order valence-electron chi connectivity index (χ3n) is 4.75. The lowest BCUT2D eigenvalue weighted by molar-refractivity contribution is 0.0942. The lowest BCUT2D eigenvalue weighted by Gasteiger charge is -2.25. The Hall–Kier alpha value is -2.32. The van der Waals surface area contributed by atoms with Crippen LogP contribution < -0.4 is 10.1 Å². The number of aryl methyl sites for hydroxylation is 1. The Labute approximate surface area is 160 Å². The van der Waals surface area contributed by atoms with Crippen molar-refractivity contribution in [3.63, 3.8) is 0 Å². The molecule has 0 bridgehead atoms. The molecule has 1 saturated heterocycles. The largest absolute Gasteiger partial charge is 0.497 e. The highest BCUT2D eigenvalue weighted by atomic mass is 32.2. The number of benzene rings is 1. The summed E-state index contributed by atoms with van der Waals surface area (Å²) in [5, 5.41) is 2.83. The predicted octanol–water partition coefficient (Wildman–Crippen LogP) is 2.14. The summed E-state index contributed by atoms with van der Waals surface area (Å²) < 4.78 is 33.8. The SMILES string of the molecule is COc1cccc(CNC(=O)c2cc(S(=O)(=O)N3CCCCC3)cn2C)c1. The molecule has 2 aromatic rings. The van der Waals surface area contributed by atoms with Gasteiger partial charge in [-0.1, -0.05) is 18.6 Å². The number of nitrogens with one attached hydrogen (secondary N) is 1. The van der Waals surface area contributed by atoms with E-state index < -0.39 is 10.0 Å². The standard InChI is InChI=1S/C19H25N3O4S/c1-21-14-17(27(24,25)22-9-4-3-5-10-22)12-18(21)19(23)20-13-15-7-6-8-16(11-15)26-2/h6-8,11-12,14H,3-5,9-10,13H2,1-2H3,(H,20,23). The van der Waals surface area contributed by atoms with E-state index in [9.17, 15) is 13.2 Å². The monoisotopic (exact) mass is 391 g/mol. The molecule has 1 amide bonds. The minimum Gasteiger partial charge on any atom is -0.497 e. The molecule has 0 atom stereocenters. The van der Waals surface area contributed by atoms with Gasteiger partial charge in [0, 0.05) is 32.9 Å². The van der Waals surface area contributed by atoms with E-state index in [-0.39, 0.29) is 10.8 Å². The summed E-state index contributed by atoms with van der Waals surface area (Å²) in [4.78, 5) is 12.7. The molecule has 27 heavy (non-hydrogen) atoms. The van der Waals surface area contributed by atoms with Gasteiger partial charge in [0.25, 0.3) is 5.91 Å². The molecule has 146 valence electrons. The van der Waals surface area contributed by atoms with Crippen molar-refractivity contribution >= 4 is 15.9 Å². The van der Waals surface area contributed by atoms with Crippen LogP contribution in [0.5, 0.6) is 5.75 Å². The van der Waals surface area contributed by atoms with Gasteiger partial charge in [-0.3, -0.25) is 4.79 Å². The average molecular weight is 391 g/mol. The van der Waals surface area contributed by atoms with Crippen LogP contribution in [0, 0.1) is 0 Å². The van der Waals surface area contributed by atoms with Crippen LogP contribution in [0.2, 0.25) is 0 Å². The summed E-state index contributed by atoms with van der Waals surface area (Å²) in [7, 11) is -0.292. The van der Waals surface area contributed by atoms with Crippen LogP contribution in [0.15, 0.2) is 41.4 Å². The fraction of sp³-hybridized carbons (Fsp3) is 0.421. The summed E-state index contributed by atoms with van der Waals surface area (Å²) in [5.74, 6) is 0.399. The number of hydrogen-bond acceptors (Lipinski definition) is 4. The summed E-state index contributed by atoms with van der Waals surface area (Å²) in [6.07, 6.45) is 4.31. The van der Waals surface area contributed by atoms with E-state index in [1.807, 2.05) is 24.3 Å². The van der Waals surface area contributed by atoms with E-state index in [0.717, 1.165) is 30.6 Å². The maximum Gasteiger partial charge on any atom is 0.268 e. The van der Waals surface area contributed by atoms with Gasteiger partial charge < -0.3 is 14.6 Å². The molecule has 2 heterocycles. The van der Waals surface area contributed by atoms with Crippen LogP contribution in [0.25, 0.3) is 0 Å². The van der Waals surface area contributed by atoms with Crippen molar-refractivity contribution in [3.05, 3.63) is 47.8 Å². The molecule has 7 nitrogen and oxygen atoms in total. The first kappa shape index (κ1) is 19.4. The van der Waals surface area contributed by atoms with Crippen LogP contribution in [0.4, 0.5) is 0 Å². The second-order valence-electron chi connectivity index (χ2n) is 6.67. The van der Waals surface area contributed by atoms with E-state index in [1.54, 1.807) is 18.7 Å². The number of carbonyl (C=O) groups is 1. The molecule has 0 spiro atoms. The summed E-state index contributed by atoms with van der Waals surface area (Å²) >= 11 is 0. The van der Waals surface area contributed by atoms with Crippen molar-refractivity contribution in [1.29, 1.82) is 0 Å². The molecule has 1 fully saturated rings. The molecule has 1 N–H and O–H groups in total. The van der Waals surface area contributed by atoms with Crippen LogP contribution >= 0.6 is 0 Å². The second-order valence-corrected chi connectivity index (χ2v) is 8.61. The molecule has 1 aromatic carbocycles. The maximum absolute atomic E-state index is 12.8. The molecular weight excluding hydrogens is 366 g/mol. The fourth-order valence-corrected chi connectivity index (χ4v) is 4.80. The first-order valence-electron chi connectivity index (χ1n) is 8.99. The highest BCUT2D eigenvalue weighted by Crippen LogP contribution is 2.22. The normalized spacial score (nSPS) is 15.5. The highest BCUT2D eigenvalue weighted by Gasteiger charge is 2.28. The van der Waals surface area contributed by atoms with E-state index in [0.29, 0.717) is 25.3 Å². The Morgan fingerprint density at radius 2 is 1.93 bits per heavy atom. The molecule has 3 rings (SSSR count). The van der Waals surface area contributed by atoms with E-state index in [2.05, 4.69) is 5.32 Å². The lowest BCUT2D eigenvalue weighted by atomic mass is 10.2. The number of methoxy groups -OCH3 is 1. The molecule has 0 unspecified atom stereocenters. The number of carbonyl (C=O) groups excluding carboxylic acids is 1. The van der Waals surface area contributed by atoms with Crippen LogP contribution in [0.1, 0.15) is 35.3 Å². The third-order valence-corrected chi connectivity index (χ3v) is 6.62. The molecule has 1 aromatic heterocycles. The quantitative estimate of drug-likeness (QED) is 0.818. The molecule has 0 saturated carbocycles. The van der Waals surface area contributed by atoms with Crippen molar-refractivity contribution in [3.8, 4) is 5.75 Å². The smallest absolute Gasteiger partial charge is 0.268 e. The van der Waals surface area contributed by atoms with Crippen LogP contribution in [-0.4, -0.2) is 43.4 Å². The van der Waals surface area contributed by atoms with E-state index in [4.69, 9.17) is 4.74 Å². The number of rotatable bonds is 6. The highest BCUT2D eigenvalue weighted by molar-refractivity contribution is 7.89. The number of sulfonamides is 1. The molecule has 8 heteroatoms. The number of hydrogen-bond donors (Lipinski definition) is 1. The molecule has 0 radical (unpaired) electrons. The van der Waals surface area contributed by atoms with Gasteiger partial charge in [0.1, 0.15) is 16.3 Å². The zero-order chi connectivity index (χ0) is 19.4. The van der Waals surface area contributed by atoms with Gasteiger partial charge in [-0.15, -0.1) is 0 Å². The maximum atomic E-state index is 12.8. The number of nitrogens with zero attached hydrogens (tertiary/aromatic N) is 2. The number of piperidine rings is 1. The van der Waals surface area contributed by atoms with Crippen molar-refractivity contribution in [1.82, 2.24) is 14.2 Å². The van der Waals surface area contributed by atoms with Gasteiger partial charge >= 0.3 is 0 Å². The van der Waals surface area contributed by atoms with Gasteiger partial charge in [0.05, 0.1) is 7.11 Å². The Morgan fingerprint density at radius 3 is 2.63 bits per heavy atom. The fourth-order valence-electron chi connectivity index (χ4n) is 3.21. The molecule has 1 aliphatic rings. The number of aromatic nitrogens is 1. The Bertz CT molecular complexity index is 915. The lowest BCUT2D eigenvalue weighted by Crippen LogP contribution is -2.35. The summed E-state index contributed by atoms with van der Waals surface area (Å²) in [6, 6.07) is 8.87. The molecular formula is C19H25N3O4S. The molecule has 0 aliphatic carbocycles. The average Bonchev–Trinajstić information content (AvgIpc) is 3.09. The molecule has 1 aliphatic heterocycles. The summed E-state index contributed by atoms with van der Waals surface area (Å²) in [5.41, 5.74) is 1.21. The van der Waals surface area contributed by atoms with Gasteiger partial charge in [-0.05, 0) is 36.6 Å². The Balaban J connectivity index is 1.72. The second kappa shape index (κ2) is 8.14. The van der Waals surface area contributed by atoms with Gasteiger partial charge in [0.15, 0.2) is 0 Å². The van der Waals surface area contributed by atoms with E-state index in [1.165, 1.54) is 16.6 Å². The zero-order valence-corrected chi connectivity index (χ0v) is 16.5.